The zero-order valence-electron chi connectivity index (χ0n) is 9.26. The fourth-order valence-corrected chi connectivity index (χ4v) is 2.24. The summed E-state index contributed by atoms with van der Waals surface area (Å²) in [6.07, 6.45) is 5.00. The topological polar surface area (TPSA) is 24.9 Å². The summed E-state index contributed by atoms with van der Waals surface area (Å²) >= 11 is 0. The van der Waals surface area contributed by atoms with E-state index in [1.807, 2.05) is 0 Å². The summed E-state index contributed by atoms with van der Waals surface area (Å²) in [7, 11) is 0. The predicted octanol–water partition coefficient (Wildman–Crippen LogP) is 3.21. The minimum absolute atomic E-state index is 0.262. The minimum Gasteiger partial charge on any atom is -0.365 e. The summed E-state index contributed by atoms with van der Waals surface area (Å²) < 4.78 is 13.3. The fourth-order valence-electron chi connectivity index (χ4n) is 2.24. The van der Waals surface area contributed by atoms with Gasteiger partial charge in [-0.25, -0.2) is 9.37 Å². The molecule has 0 spiro atoms. The van der Waals surface area contributed by atoms with Crippen molar-refractivity contribution in [2.75, 3.05) is 5.32 Å². The maximum absolute atomic E-state index is 13.3. The third-order valence-corrected chi connectivity index (χ3v) is 3.07. The first-order chi connectivity index (χ1) is 7.07. The van der Waals surface area contributed by atoms with Gasteiger partial charge in [-0.3, -0.25) is 0 Å². The second-order valence-corrected chi connectivity index (χ2v) is 5.08. The normalized spacial score (nSPS) is 24.1. The van der Waals surface area contributed by atoms with Gasteiger partial charge in [-0.15, -0.1) is 0 Å². The standard InChI is InChI=1S/C12H17FN2/c1-12(2)6-5-9(8-12)15-11-10(13)4-3-7-14-11/h3-4,7,9H,5-6,8H2,1-2H3,(H,14,15). The molecule has 1 aromatic heterocycles. The molecule has 2 rings (SSSR count). The van der Waals surface area contributed by atoms with Crippen molar-refractivity contribution >= 4 is 5.82 Å². The molecule has 15 heavy (non-hydrogen) atoms. The van der Waals surface area contributed by atoms with Crippen molar-refractivity contribution in [3.8, 4) is 0 Å². The first-order valence-corrected chi connectivity index (χ1v) is 5.44. The maximum atomic E-state index is 13.3. The Balaban J connectivity index is 2.02. The summed E-state index contributed by atoms with van der Waals surface area (Å²) in [4.78, 5) is 4.00. The highest BCUT2D eigenvalue weighted by Gasteiger charge is 2.31. The van der Waals surface area contributed by atoms with Crippen LogP contribution >= 0.6 is 0 Å². The Morgan fingerprint density at radius 3 is 2.93 bits per heavy atom. The summed E-state index contributed by atoms with van der Waals surface area (Å²) in [6.45, 7) is 4.51. The molecule has 0 radical (unpaired) electrons. The van der Waals surface area contributed by atoms with E-state index in [-0.39, 0.29) is 5.82 Å². The molecule has 1 aromatic rings. The van der Waals surface area contributed by atoms with Gasteiger partial charge in [0.2, 0.25) is 0 Å². The second kappa shape index (κ2) is 3.80. The maximum Gasteiger partial charge on any atom is 0.165 e. The van der Waals surface area contributed by atoms with Crippen LogP contribution in [-0.4, -0.2) is 11.0 Å². The lowest BCUT2D eigenvalue weighted by Crippen LogP contribution is -2.19. The van der Waals surface area contributed by atoms with Gasteiger partial charge >= 0.3 is 0 Å². The van der Waals surface area contributed by atoms with Crippen LogP contribution in [0.15, 0.2) is 18.3 Å². The van der Waals surface area contributed by atoms with E-state index >= 15 is 0 Å². The Labute approximate surface area is 89.9 Å². The predicted molar refractivity (Wildman–Crippen MR) is 59.2 cm³/mol. The van der Waals surface area contributed by atoms with Crippen LogP contribution in [0.4, 0.5) is 10.2 Å². The molecule has 1 fully saturated rings. The van der Waals surface area contributed by atoms with Crippen molar-refractivity contribution in [1.29, 1.82) is 0 Å². The Bertz CT molecular complexity index is 349. The van der Waals surface area contributed by atoms with Gasteiger partial charge in [-0.1, -0.05) is 13.8 Å². The van der Waals surface area contributed by atoms with E-state index < -0.39 is 0 Å². The average Bonchev–Trinajstić information content (AvgIpc) is 2.50. The molecule has 2 nitrogen and oxygen atoms in total. The summed E-state index contributed by atoms with van der Waals surface area (Å²) in [5.41, 5.74) is 0.378. The molecule has 0 amide bonds. The zero-order valence-corrected chi connectivity index (χ0v) is 9.26. The third-order valence-electron chi connectivity index (χ3n) is 3.07. The van der Waals surface area contributed by atoms with E-state index in [0.29, 0.717) is 17.3 Å². The van der Waals surface area contributed by atoms with Gasteiger partial charge < -0.3 is 5.32 Å². The number of nitrogens with one attached hydrogen (secondary N) is 1. The lowest BCUT2D eigenvalue weighted by atomic mass is 9.92. The van der Waals surface area contributed by atoms with Crippen LogP contribution in [0.1, 0.15) is 33.1 Å². The Kier molecular flexibility index (Phi) is 2.63. The molecule has 1 aliphatic carbocycles. The fraction of sp³-hybridized carbons (Fsp3) is 0.583. The molecule has 1 aliphatic rings. The third kappa shape index (κ3) is 2.46. The van der Waals surface area contributed by atoms with E-state index in [0.717, 1.165) is 12.8 Å². The van der Waals surface area contributed by atoms with Crippen molar-refractivity contribution < 1.29 is 4.39 Å². The van der Waals surface area contributed by atoms with Gasteiger partial charge in [0.05, 0.1) is 0 Å². The number of hydrogen-bond donors (Lipinski definition) is 1. The molecule has 0 saturated heterocycles. The van der Waals surface area contributed by atoms with E-state index in [2.05, 4.69) is 24.1 Å². The highest BCUT2D eigenvalue weighted by Crippen LogP contribution is 2.38. The number of pyridine rings is 1. The molecule has 1 atom stereocenters. The molecule has 0 bridgehead atoms. The van der Waals surface area contributed by atoms with Crippen LogP contribution in [0.5, 0.6) is 0 Å². The van der Waals surface area contributed by atoms with Crippen LogP contribution in [0.2, 0.25) is 0 Å². The van der Waals surface area contributed by atoms with Gasteiger partial charge in [0.25, 0.3) is 0 Å². The van der Waals surface area contributed by atoms with Crippen molar-refractivity contribution in [1.82, 2.24) is 4.98 Å². The molecule has 1 unspecified atom stereocenters. The Morgan fingerprint density at radius 1 is 1.53 bits per heavy atom. The van der Waals surface area contributed by atoms with Crippen molar-refractivity contribution in [3.05, 3.63) is 24.1 Å². The molecule has 82 valence electrons. The van der Waals surface area contributed by atoms with Crippen molar-refractivity contribution in [3.63, 3.8) is 0 Å². The van der Waals surface area contributed by atoms with Crippen LogP contribution in [0.25, 0.3) is 0 Å². The van der Waals surface area contributed by atoms with E-state index in [9.17, 15) is 4.39 Å². The highest BCUT2D eigenvalue weighted by molar-refractivity contribution is 5.37. The van der Waals surface area contributed by atoms with Crippen molar-refractivity contribution in [2.45, 2.75) is 39.2 Å². The zero-order chi connectivity index (χ0) is 10.9. The molecular weight excluding hydrogens is 191 g/mol. The van der Waals surface area contributed by atoms with Crippen molar-refractivity contribution in [2.24, 2.45) is 5.41 Å². The van der Waals surface area contributed by atoms with Gasteiger partial charge in [-0.05, 0) is 36.8 Å². The number of hydrogen-bond acceptors (Lipinski definition) is 2. The molecular formula is C12H17FN2. The van der Waals surface area contributed by atoms with Crippen LogP contribution < -0.4 is 5.32 Å². The molecule has 0 aromatic carbocycles. The molecule has 3 heteroatoms. The summed E-state index contributed by atoms with van der Waals surface area (Å²) in [5.74, 6) is 0.127. The summed E-state index contributed by atoms with van der Waals surface area (Å²) in [5, 5.41) is 3.18. The van der Waals surface area contributed by atoms with E-state index in [1.165, 1.54) is 12.5 Å². The lowest BCUT2D eigenvalue weighted by Gasteiger charge is -2.18. The average molecular weight is 208 g/mol. The Morgan fingerprint density at radius 2 is 2.33 bits per heavy atom. The second-order valence-electron chi connectivity index (χ2n) is 5.08. The lowest BCUT2D eigenvalue weighted by molar-refractivity contribution is 0.378. The van der Waals surface area contributed by atoms with Gasteiger partial charge in [-0.2, -0.15) is 0 Å². The number of aromatic nitrogens is 1. The van der Waals surface area contributed by atoms with Gasteiger partial charge in [0.15, 0.2) is 11.6 Å². The Hall–Kier alpha value is -1.12. The molecule has 1 heterocycles. The molecule has 1 saturated carbocycles. The van der Waals surface area contributed by atoms with Gasteiger partial charge in [0, 0.05) is 12.2 Å². The molecule has 0 aliphatic heterocycles. The number of halogens is 1. The summed E-state index contributed by atoms with van der Waals surface area (Å²) in [6, 6.07) is 3.42. The quantitative estimate of drug-likeness (QED) is 0.807. The smallest absolute Gasteiger partial charge is 0.165 e. The molecule has 1 N–H and O–H groups in total. The SMILES string of the molecule is CC1(C)CCC(Nc2ncccc2F)C1. The number of anilines is 1. The number of rotatable bonds is 2. The first kappa shape index (κ1) is 10.4. The van der Waals surface area contributed by atoms with Gasteiger partial charge in [0.1, 0.15) is 0 Å². The monoisotopic (exact) mass is 208 g/mol. The first-order valence-electron chi connectivity index (χ1n) is 5.44. The number of nitrogens with zero attached hydrogens (tertiary/aromatic N) is 1. The van der Waals surface area contributed by atoms with Crippen LogP contribution in [0, 0.1) is 11.2 Å². The van der Waals surface area contributed by atoms with Crippen LogP contribution in [0.3, 0.4) is 0 Å². The highest BCUT2D eigenvalue weighted by atomic mass is 19.1. The minimum atomic E-state index is -0.262. The van der Waals surface area contributed by atoms with Crippen LogP contribution in [-0.2, 0) is 0 Å². The van der Waals surface area contributed by atoms with E-state index in [1.54, 1.807) is 12.3 Å². The largest absolute Gasteiger partial charge is 0.365 e. The van der Waals surface area contributed by atoms with E-state index in [4.69, 9.17) is 0 Å².